The highest BCUT2D eigenvalue weighted by Crippen LogP contribution is 2.26. The van der Waals surface area contributed by atoms with Gasteiger partial charge < -0.3 is 14.3 Å². The Morgan fingerprint density at radius 1 is 1.10 bits per heavy atom. The molecule has 0 bridgehead atoms. The van der Waals surface area contributed by atoms with E-state index in [0.717, 1.165) is 22.2 Å². The third-order valence-electron chi connectivity index (χ3n) is 5.23. The van der Waals surface area contributed by atoms with E-state index in [4.69, 9.17) is 4.74 Å². The van der Waals surface area contributed by atoms with E-state index in [-0.39, 0.29) is 13.2 Å². The van der Waals surface area contributed by atoms with Gasteiger partial charge in [-0.1, -0.05) is 12.1 Å². The summed E-state index contributed by atoms with van der Waals surface area (Å²) < 4.78 is 8.20. The number of aromatic amines is 1. The molecule has 7 heteroatoms. The summed E-state index contributed by atoms with van der Waals surface area (Å²) in [4.78, 5) is 39.4. The van der Waals surface area contributed by atoms with E-state index in [9.17, 15) is 14.4 Å². The molecule has 4 aromatic rings. The molecule has 7 nitrogen and oxygen atoms in total. The quantitative estimate of drug-likeness (QED) is 0.329. The summed E-state index contributed by atoms with van der Waals surface area (Å²) in [6, 6.07) is 11.6. The van der Waals surface area contributed by atoms with Gasteiger partial charge in [0.2, 0.25) is 0 Å². The van der Waals surface area contributed by atoms with E-state index >= 15 is 0 Å². The predicted molar refractivity (Wildman–Crippen MR) is 112 cm³/mol. The highest BCUT2D eigenvalue weighted by molar-refractivity contribution is 6.04. The van der Waals surface area contributed by atoms with Crippen LogP contribution in [0.3, 0.4) is 0 Å². The predicted octanol–water partition coefficient (Wildman–Crippen LogP) is 2.81. The van der Waals surface area contributed by atoms with Crippen LogP contribution < -0.4 is 11.1 Å². The zero-order valence-corrected chi connectivity index (χ0v) is 16.5. The van der Waals surface area contributed by atoms with Crippen LogP contribution in [0.2, 0.25) is 0 Å². The molecule has 4 rings (SSSR count). The molecule has 0 fully saturated rings. The fourth-order valence-electron chi connectivity index (χ4n) is 3.58. The highest BCUT2D eigenvalue weighted by Gasteiger charge is 2.14. The number of H-pyrrole nitrogens is 1. The minimum absolute atomic E-state index is 0.205. The van der Waals surface area contributed by atoms with Crippen molar-refractivity contribution in [3.8, 4) is 5.69 Å². The van der Waals surface area contributed by atoms with Crippen molar-refractivity contribution in [2.45, 2.75) is 27.3 Å². The van der Waals surface area contributed by atoms with E-state index in [1.165, 1.54) is 10.1 Å². The van der Waals surface area contributed by atoms with E-state index in [2.05, 4.69) is 9.55 Å². The number of carbonyl (C=O) groups excluding carboxylic acids is 1. The van der Waals surface area contributed by atoms with Crippen molar-refractivity contribution in [3.05, 3.63) is 74.6 Å². The van der Waals surface area contributed by atoms with Crippen molar-refractivity contribution in [1.82, 2.24) is 14.1 Å². The smallest absolute Gasteiger partial charge is 0.326 e. The Morgan fingerprint density at radius 2 is 1.86 bits per heavy atom. The van der Waals surface area contributed by atoms with Crippen molar-refractivity contribution >= 4 is 27.8 Å². The first-order chi connectivity index (χ1) is 13.9. The van der Waals surface area contributed by atoms with Gasteiger partial charge in [0.05, 0.1) is 17.6 Å². The maximum atomic E-state index is 12.4. The lowest BCUT2D eigenvalue weighted by molar-refractivity contribution is -0.143. The minimum atomic E-state index is -0.780. The Balaban J connectivity index is 1.99. The fraction of sp³-hybridized carbons (Fsp3) is 0.227. The van der Waals surface area contributed by atoms with Gasteiger partial charge in [-0.3, -0.25) is 19.0 Å². The number of aromatic nitrogens is 3. The van der Waals surface area contributed by atoms with Gasteiger partial charge in [-0.15, -0.1) is 0 Å². The number of rotatable bonds is 4. The maximum absolute atomic E-state index is 12.4. The number of nitrogens with one attached hydrogen (secondary N) is 1. The summed E-state index contributed by atoms with van der Waals surface area (Å²) in [6.45, 7) is 5.68. The van der Waals surface area contributed by atoms with Crippen LogP contribution in [0.1, 0.15) is 18.2 Å². The molecule has 0 amide bonds. The number of fused-ring (bicyclic) bond motifs is 3. The number of hydrogen-bond acceptors (Lipinski definition) is 4. The topological polar surface area (TPSA) is 86.1 Å². The monoisotopic (exact) mass is 391 g/mol. The van der Waals surface area contributed by atoms with Gasteiger partial charge in [0.15, 0.2) is 0 Å². The van der Waals surface area contributed by atoms with Gasteiger partial charge in [-0.2, -0.15) is 0 Å². The van der Waals surface area contributed by atoms with E-state index in [0.29, 0.717) is 11.0 Å². The molecule has 0 saturated carbocycles. The standard InChI is InChI=1S/C22H21N3O4/c1-4-29-19(26)12-25-18-8-6-15-5-7-16(24-10-9-13(2)14(24)3)11-17(15)20(18)23-21(27)22(25)28/h5-11H,4,12H2,1-3H3,(H,23,27). The molecule has 0 aliphatic carbocycles. The van der Waals surface area contributed by atoms with Gasteiger partial charge >= 0.3 is 17.1 Å². The molecular formula is C22H21N3O4. The second-order valence-electron chi connectivity index (χ2n) is 6.97. The lowest BCUT2D eigenvalue weighted by atomic mass is 10.1. The Bertz CT molecular complexity index is 1370. The van der Waals surface area contributed by atoms with Crippen LogP contribution in [0.4, 0.5) is 0 Å². The van der Waals surface area contributed by atoms with Crippen molar-refractivity contribution in [1.29, 1.82) is 0 Å². The number of hydrogen-bond donors (Lipinski definition) is 1. The number of carbonyl (C=O) groups is 1. The molecule has 1 N–H and O–H groups in total. The fourth-order valence-corrected chi connectivity index (χ4v) is 3.58. The lowest BCUT2D eigenvalue weighted by Crippen LogP contribution is -2.38. The average molecular weight is 391 g/mol. The number of benzene rings is 2. The summed E-state index contributed by atoms with van der Waals surface area (Å²) in [5, 5.41) is 1.71. The molecular weight excluding hydrogens is 370 g/mol. The van der Waals surface area contributed by atoms with Gasteiger partial charge in [0.25, 0.3) is 0 Å². The van der Waals surface area contributed by atoms with Crippen molar-refractivity contribution in [2.24, 2.45) is 0 Å². The summed E-state index contributed by atoms with van der Waals surface area (Å²) in [5.74, 6) is -0.561. The summed E-state index contributed by atoms with van der Waals surface area (Å²) in [6.07, 6.45) is 2.00. The molecule has 2 aromatic carbocycles. The molecule has 0 saturated heterocycles. The second-order valence-corrected chi connectivity index (χ2v) is 6.97. The van der Waals surface area contributed by atoms with Crippen LogP contribution in [-0.4, -0.2) is 26.7 Å². The normalized spacial score (nSPS) is 11.3. The summed E-state index contributed by atoms with van der Waals surface area (Å²) >= 11 is 0. The Hall–Kier alpha value is -3.61. The van der Waals surface area contributed by atoms with Crippen molar-refractivity contribution < 1.29 is 9.53 Å². The first-order valence-electron chi connectivity index (χ1n) is 9.41. The Morgan fingerprint density at radius 3 is 2.55 bits per heavy atom. The van der Waals surface area contributed by atoms with Crippen molar-refractivity contribution in [2.75, 3.05) is 6.61 Å². The summed E-state index contributed by atoms with van der Waals surface area (Å²) in [5.41, 5.74) is 2.69. The molecule has 0 aliphatic heterocycles. The minimum Gasteiger partial charge on any atom is -0.465 e. The number of ether oxygens (including phenoxy) is 1. The van der Waals surface area contributed by atoms with Crippen LogP contribution in [0, 0.1) is 13.8 Å². The molecule has 148 valence electrons. The third kappa shape index (κ3) is 3.14. The lowest BCUT2D eigenvalue weighted by Gasteiger charge is -2.13. The van der Waals surface area contributed by atoms with Crippen LogP contribution in [0.15, 0.2) is 52.2 Å². The number of esters is 1. The Kier molecular flexibility index (Phi) is 4.58. The molecule has 0 radical (unpaired) electrons. The zero-order valence-electron chi connectivity index (χ0n) is 16.5. The average Bonchev–Trinajstić information content (AvgIpc) is 3.04. The zero-order chi connectivity index (χ0) is 20.7. The number of nitrogens with zero attached hydrogens (tertiary/aromatic N) is 2. The van der Waals surface area contributed by atoms with E-state index in [1.807, 2.05) is 50.4 Å². The van der Waals surface area contributed by atoms with Gasteiger partial charge in [0.1, 0.15) is 6.54 Å². The third-order valence-corrected chi connectivity index (χ3v) is 5.23. The summed E-state index contributed by atoms with van der Waals surface area (Å²) in [7, 11) is 0. The van der Waals surface area contributed by atoms with Crippen LogP contribution in [-0.2, 0) is 16.1 Å². The van der Waals surface area contributed by atoms with Crippen LogP contribution in [0.5, 0.6) is 0 Å². The van der Waals surface area contributed by atoms with Crippen LogP contribution in [0.25, 0.3) is 27.5 Å². The number of aryl methyl sites for hydroxylation is 1. The molecule has 0 spiro atoms. The van der Waals surface area contributed by atoms with Gasteiger partial charge in [-0.05, 0) is 56.0 Å². The molecule has 0 atom stereocenters. The SMILES string of the molecule is CCOC(=O)Cn1c(=O)c(=O)[nH]c2c3cc(-n4ccc(C)c4C)ccc3ccc21. The second kappa shape index (κ2) is 7.09. The molecule has 0 unspecified atom stereocenters. The molecule has 2 aromatic heterocycles. The van der Waals surface area contributed by atoms with Gasteiger partial charge in [-0.25, -0.2) is 0 Å². The highest BCUT2D eigenvalue weighted by atomic mass is 16.5. The Labute approximate surface area is 166 Å². The molecule has 0 aliphatic rings. The van der Waals surface area contributed by atoms with E-state index < -0.39 is 17.1 Å². The maximum Gasteiger partial charge on any atom is 0.326 e. The largest absolute Gasteiger partial charge is 0.465 e. The van der Waals surface area contributed by atoms with Gasteiger partial charge in [0, 0.05) is 23.0 Å². The first kappa shape index (κ1) is 18.7. The van der Waals surface area contributed by atoms with E-state index in [1.54, 1.807) is 13.0 Å². The molecule has 2 heterocycles. The first-order valence-corrected chi connectivity index (χ1v) is 9.41. The van der Waals surface area contributed by atoms with Crippen LogP contribution >= 0.6 is 0 Å². The van der Waals surface area contributed by atoms with Crippen molar-refractivity contribution in [3.63, 3.8) is 0 Å². The molecule has 29 heavy (non-hydrogen) atoms.